The van der Waals surface area contributed by atoms with Crippen molar-refractivity contribution in [3.05, 3.63) is 41.5 Å². The number of carbonyl (C=O) groups is 1. The van der Waals surface area contributed by atoms with Crippen molar-refractivity contribution in [2.75, 3.05) is 11.9 Å². The van der Waals surface area contributed by atoms with Crippen LogP contribution in [-0.4, -0.2) is 12.5 Å². The lowest BCUT2D eigenvalue weighted by Gasteiger charge is -2.18. The van der Waals surface area contributed by atoms with Gasteiger partial charge in [-0.05, 0) is 49.1 Å². The highest BCUT2D eigenvalue weighted by Gasteiger charge is 2.19. The summed E-state index contributed by atoms with van der Waals surface area (Å²) < 4.78 is 0. The fourth-order valence-electron chi connectivity index (χ4n) is 2.63. The third-order valence-electron chi connectivity index (χ3n) is 3.74. The molecule has 0 unspecified atom stereocenters. The Morgan fingerprint density at radius 1 is 1.22 bits per heavy atom. The van der Waals surface area contributed by atoms with E-state index in [1.807, 2.05) is 6.07 Å². The van der Waals surface area contributed by atoms with Crippen LogP contribution in [0.25, 0.3) is 0 Å². The Balaban J connectivity index is 1.70. The second-order valence-electron chi connectivity index (χ2n) is 5.04. The molecule has 3 nitrogen and oxygen atoms in total. The molecule has 18 heavy (non-hydrogen) atoms. The first kappa shape index (κ1) is 11.5. The van der Waals surface area contributed by atoms with E-state index in [-0.39, 0.29) is 11.8 Å². The van der Waals surface area contributed by atoms with Crippen molar-refractivity contribution in [1.29, 1.82) is 0 Å². The van der Waals surface area contributed by atoms with Gasteiger partial charge in [0, 0.05) is 18.2 Å². The summed E-state index contributed by atoms with van der Waals surface area (Å²) in [5.74, 6) is 0.267. The summed E-state index contributed by atoms with van der Waals surface area (Å²) in [4.78, 5) is 12.0. The minimum atomic E-state index is 0.124. The Hall–Kier alpha value is -1.61. The van der Waals surface area contributed by atoms with Crippen molar-refractivity contribution in [1.82, 2.24) is 5.32 Å². The summed E-state index contributed by atoms with van der Waals surface area (Å²) in [6.45, 7) is 1.95. The van der Waals surface area contributed by atoms with Crippen LogP contribution in [-0.2, 0) is 17.8 Å². The molecule has 0 atom stereocenters. The van der Waals surface area contributed by atoms with Crippen molar-refractivity contribution in [3.8, 4) is 0 Å². The smallest absolute Gasteiger partial charge is 0.228 e. The second kappa shape index (κ2) is 4.94. The molecule has 1 aromatic carbocycles. The minimum Gasteiger partial charge on any atom is -0.326 e. The van der Waals surface area contributed by atoms with Gasteiger partial charge in [-0.1, -0.05) is 18.2 Å². The Morgan fingerprint density at radius 2 is 2.06 bits per heavy atom. The van der Waals surface area contributed by atoms with E-state index in [0.717, 1.165) is 38.0 Å². The maximum absolute atomic E-state index is 12.0. The van der Waals surface area contributed by atoms with Crippen LogP contribution >= 0.6 is 0 Å². The zero-order valence-corrected chi connectivity index (χ0v) is 10.4. The van der Waals surface area contributed by atoms with E-state index < -0.39 is 0 Å². The number of benzene rings is 1. The molecule has 2 aliphatic rings. The molecule has 0 aromatic heterocycles. The van der Waals surface area contributed by atoms with Crippen molar-refractivity contribution < 1.29 is 4.79 Å². The van der Waals surface area contributed by atoms with Gasteiger partial charge < -0.3 is 10.6 Å². The average molecular weight is 242 g/mol. The summed E-state index contributed by atoms with van der Waals surface area (Å²) >= 11 is 0. The van der Waals surface area contributed by atoms with Crippen LogP contribution in [0.15, 0.2) is 30.4 Å². The second-order valence-corrected chi connectivity index (χ2v) is 5.04. The largest absolute Gasteiger partial charge is 0.326 e. The van der Waals surface area contributed by atoms with Gasteiger partial charge >= 0.3 is 0 Å². The van der Waals surface area contributed by atoms with Gasteiger partial charge in [0.1, 0.15) is 0 Å². The summed E-state index contributed by atoms with van der Waals surface area (Å²) in [6, 6.07) is 6.25. The van der Waals surface area contributed by atoms with E-state index in [9.17, 15) is 4.79 Å². The lowest BCUT2D eigenvalue weighted by molar-refractivity contribution is -0.119. The first-order chi connectivity index (χ1) is 8.83. The fourth-order valence-corrected chi connectivity index (χ4v) is 2.63. The van der Waals surface area contributed by atoms with Gasteiger partial charge in [-0.3, -0.25) is 4.79 Å². The van der Waals surface area contributed by atoms with E-state index >= 15 is 0 Å². The number of nitrogens with one attached hydrogen (secondary N) is 2. The van der Waals surface area contributed by atoms with E-state index in [4.69, 9.17) is 0 Å². The molecule has 0 saturated heterocycles. The van der Waals surface area contributed by atoms with Crippen molar-refractivity contribution in [3.63, 3.8) is 0 Å². The van der Waals surface area contributed by atoms with Crippen LogP contribution in [0.3, 0.4) is 0 Å². The minimum absolute atomic E-state index is 0.124. The zero-order valence-electron chi connectivity index (χ0n) is 10.4. The summed E-state index contributed by atoms with van der Waals surface area (Å²) in [5.41, 5.74) is 3.63. The van der Waals surface area contributed by atoms with Crippen LogP contribution in [0.4, 0.5) is 5.69 Å². The fraction of sp³-hybridized carbons (Fsp3) is 0.400. The quantitative estimate of drug-likeness (QED) is 0.781. The summed E-state index contributed by atoms with van der Waals surface area (Å²) in [6.07, 6.45) is 6.99. The molecule has 0 spiro atoms. The monoisotopic (exact) mass is 242 g/mol. The number of anilines is 1. The number of carbonyl (C=O) groups excluding carboxylic acids is 1. The first-order valence-corrected chi connectivity index (χ1v) is 6.61. The van der Waals surface area contributed by atoms with Crippen molar-refractivity contribution >= 4 is 11.6 Å². The van der Waals surface area contributed by atoms with Crippen LogP contribution in [0.2, 0.25) is 0 Å². The highest BCUT2D eigenvalue weighted by molar-refractivity contribution is 5.93. The highest BCUT2D eigenvalue weighted by atomic mass is 16.1. The third kappa shape index (κ3) is 2.31. The molecular weight excluding hydrogens is 224 g/mol. The van der Waals surface area contributed by atoms with Gasteiger partial charge in [-0.15, -0.1) is 0 Å². The number of allylic oxidation sites excluding steroid dienone is 2. The first-order valence-electron chi connectivity index (χ1n) is 6.61. The predicted molar refractivity (Wildman–Crippen MR) is 72.3 cm³/mol. The van der Waals surface area contributed by atoms with Crippen LogP contribution < -0.4 is 10.6 Å². The molecule has 3 rings (SSSR count). The van der Waals surface area contributed by atoms with Crippen molar-refractivity contribution in [2.45, 2.75) is 25.8 Å². The Kier molecular flexibility index (Phi) is 3.15. The number of fused-ring (bicyclic) bond motifs is 1. The van der Waals surface area contributed by atoms with E-state index in [0.29, 0.717) is 0 Å². The molecule has 94 valence electrons. The molecular formula is C15H18N2O. The normalized spacial score (nSPS) is 18.7. The van der Waals surface area contributed by atoms with Gasteiger partial charge in [-0.2, -0.15) is 0 Å². The molecule has 1 aliphatic heterocycles. The molecule has 2 N–H and O–H groups in total. The van der Waals surface area contributed by atoms with Crippen LogP contribution in [0.1, 0.15) is 24.0 Å². The van der Waals surface area contributed by atoms with Gasteiger partial charge in [0.25, 0.3) is 0 Å². The molecule has 1 aromatic rings. The van der Waals surface area contributed by atoms with Crippen LogP contribution in [0, 0.1) is 5.92 Å². The van der Waals surface area contributed by atoms with Gasteiger partial charge in [-0.25, -0.2) is 0 Å². The SMILES string of the molecule is O=C(Nc1ccc2c(c1)CNCC2)C1CC=CC1. The number of amides is 1. The van der Waals surface area contributed by atoms with Crippen LogP contribution in [0.5, 0.6) is 0 Å². The highest BCUT2D eigenvalue weighted by Crippen LogP contribution is 2.22. The lowest BCUT2D eigenvalue weighted by atomic mass is 10.00. The summed E-state index contributed by atoms with van der Waals surface area (Å²) in [7, 11) is 0. The standard InChI is InChI=1S/C15H18N2O/c18-15(12-3-1-2-4-12)17-14-6-5-11-7-8-16-10-13(11)9-14/h1-2,5-6,9,12,16H,3-4,7-8,10H2,(H,17,18). The zero-order chi connectivity index (χ0) is 12.4. The number of rotatable bonds is 2. The molecule has 0 fully saturated rings. The molecule has 1 aliphatic carbocycles. The Morgan fingerprint density at radius 3 is 2.89 bits per heavy atom. The van der Waals surface area contributed by atoms with Crippen molar-refractivity contribution in [2.24, 2.45) is 5.92 Å². The molecule has 3 heteroatoms. The van der Waals surface area contributed by atoms with E-state index in [1.54, 1.807) is 0 Å². The number of hydrogen-bond acceptors (Lipinski definition) is 2. The number of hydrogen-bond donors (Lipinski definition) is 2. The predicted octanol–water partition coefficient (Wildman–Crippen LogP) is 2.24. The average Bonchev–Trinajstić information content (AvgIpc) is 2.92. The lowest BCUT2D eigenvalue weighted by Crippen LogP contribution is -2.24. The van der Waals surface area contributed by atoms with E-state index in [1.165, 1.54) is 11.1 Å². The Labute approximate surface area is 107 Å². The summed E-state index contributed by atoms with van der Waals surface area (Å²) in [5, 5.41) is 6.38. The van der Waals surface area contributed by atoms with E-state index in [2.05, 4.69) is 34.9 Å². The topological polar surface area (TPSA) is 41.1 Å². The maximum Gasteiger partial charge on any atom is 0.228 e. The molecule has 0 bridgehead atoms. The Bertz CT molecular complexity index is 485. The molecule has 0 saturated carbocycles. The van der Waals surface area contributed by atoms with Gasteiger partial charge in [0.2, 0.25) is 5.91 Å². The molecule has 1 amide bonds. The third-order valence-corrected chi connectivity index (χ3v) is 3.74. The van der Waals surface area contributed by atoms with Gasteiger partial charge in [0.05, 0.1) is 0 Å². The van der Waals surface area contributed by atoms with Gasteiger partial charge in [0.15, 0.2) is 0 Å². The maximum atomic E-state index is 12.0. The molecule has 0 radical (unpaired) electrons. The molecule has 1 heterocycles.